The molecule has 1 aromatic carbocycles. The molecule has 3 rings (SSSR count). The van der Waals surface area contributed by atoms with E-state index >= 15 is 0 Å². The summed E-state index contributed by atoms with van der Waals surface area (Å²) in [5, 5.41) is 0.701. The summed E-state index contributed by atoms with van der Waals surface area (Å²) in [6.45, 7) is 5.28. The maximum atomic E-state index is 13.0. The maximum Gasteiger partial charge on any atom is 0.267 e. The number of nitrogens with zero attached hydrogens (tertiary/aromatic N) is 3. The fourth-order valence-corrected chi connectivity index (χ4v) is 3.14. The number of rotatable bonds is 4. The van der Waals surface area contributed by atoms with Gasteiger partial charge in [-0.15, -0.1) is 0 Å². The minimum Gasteiger partial charge on any atom is -0.299 e. The van der Waals surface area contributed by atoms with Gasteiger partial charge < -0.3 is 0 Å². The molecule has 0 N–H and O–H groups in total. The summed E-state index contributed by atoms with van der Waals surface area (Å²) in [6.07, 6.45) is 1.71. The molecule has 122 valence electrons. The van der Waals surface area contributed by atoms with Crippen molar-refractivity contribution >= 4 is 28.4 Å². The molecule has 0 fully saturated rings. The second-order valence-electron chi connectivity index (χ2n) is 5.62. The van der Waals surface area contributed by atoms with Gasteiger partial charge in [0.15, 0.2) is 5.16 Å². The van der Waals surface area contributed by atoms with E-state index < -0.39 is 0 Å². The van der Waals surface area contributed by atoms with Gasteiger partial charge >= 0.3 is 0 Å². The predicted octanol–water partition coefficient (Wildman–Crippen LogP) is 3.16. The number of carbonyl (C=O) groups is 1. The monoisotopic (exact) mass is 339 g/mol. The molecule has 0 radical (unpaired) electrons. The molecule has 6 heteroatoms. The zero-order valence-corrected chi connectivity index (χ0v) is 14.5. The average molecular weight is 339 g/mol. The lowest BCUT2D eigenvalue weighted by atomic mass is 10.2. The first-order valence-corrected chi connectivity index (χ1v) is 8.47. The Morgan fingerprint density at radius 3 is 2.62 bits per heavy atom. The van der Waals surface area contributed by atoms with Gasteiger partial charge in [-0.25, -0.2) is 14.5 Å². The number of benzene rings is 1. The van der Waals surface area contributed by atoms with Gasteiger partial charge in [-0.2, -0.15) is 0 Å². The fourth-order valence-electron chi connectivity index (χ4n) is 2.23. The largest absolute Gasteiger partial charge is 0.299 e. The van der Waals surface area contributed by atoms with Gasteiger partial charge in [0, 0.05) is 6.20 Å². The number of hydrogen-bond acceptors (Lipinski definition) is 5. The Morgan fingerprint density at radius 1 is 1.21 bits per heavy atom. The smallest absolute Gasteiger partial charge is 0.267 e. The number of ketones is 1. The van der Waals surface area contributed by atoms with Gasteiger partial charge in [0.2, 0.25) is 0 Å². The van der Waals surface area contributed by atoms with Crippen LogP contribution in [0.4, 0.5) is 0 Å². The first-order valence-electron chi connectivity index (χ1n) is 7.59. The van der Waals surface area contributed by atoms with E-state index in [1.807, 2.05) is 25.1 Å². The number of thioether (sulfide) groups is 1. The number of pyridine rings is 1. The van der Waals surface area contributed by atoms with Crippen molar-refractivity contribution in [1.29, 1.82) is 0 Å². The highest BCUT2D eigenvalue weighted by Crippen LogP contribution is 2.24. The van der Waals surface area contributed by atoms with Crippen molar-refractivity contribution in [3.05, 3.63) is 58.5 Å². The molecule has 0 saturated carbocycles. The van der Waals surface area contributed by atoms with Gasteiger partial charge in [-0.1, -0.05) is 30.0 Å². The molecule has 5 nitrogen and oxygen atoms in total. The quantitative estimate of drug-likeness (QED) is 0.540. The van der Waals surface area contributed by atoms with Gasteiger partial charge in [-0.3, -0.25) is 9.59 Å². The van der Waals surface area contributed by atoms with Crippen molar-refractivity contribution in [2.45, 2.75) is 31.2 Å². The summed E-state index contributed by atoms with van der Waals surface area (Å²) in [5.41, 5.74) is 1.44. The first-order chi connectivity index (χ1) is 11.5. The highest BCUT2D eigenvalue weighted by molar-refractivity contribution is 8.00. The molecule has 0 bridgehead atoms. The third-order valence-electron chi connectivity index (χ3n) is 3.72. The lowest BCUT2D eigenvalue weighted by Gasteiger charge is -2.14. The number of carbonyl (C=O) groups excluding carboxylic acids is 1. The zero-order chi connectivity index (χ0) is 17.3. The molecule has 2 aromatic heterocycles. The Labute approximate surface area is 143 Å². The zero-order valence-electron chi connectivity index (χ0n) is 13.7. The second kappa shape index (κ2) is 6.57. The third kappa shape index (κ3) is 3.10. The van der Waals surface area contributed by atoms with Crippen LogP contribution in [0.15, 0.2) is 52.5 Å². The Morgan fingerprint density at radius 2 is 1.96 bits per heavy atom. The predicted molar refractivity (Wildman–Crippen MR) is 95.9 cm³/mol. The molecule has 24 heavy (non-hydrogen) atoms. The Balaban J connectivity index is 2.27. The molecule has 0 aliphatic carbocycles. The number of aryl methyl sites for hydroxylation is 1. The molecule has 3 aromatic rings. The highest BCUT2D eigenvalue weighted by atomic mass is 32.2. The molecule has 0 unspecified atom stereocenters. The second-order valence-corrected chi connectivity index (χ2v) is 6.92. The van der Waals surface area contributed by atoms with E-state index in [2.05, 4.69) is 9.97 Å². The van der Waals surface area contributed by atoms with Gasteiger partial charge in [0.25, 0.3) is 5.56 Å². The van der Waals surface area contributed by atoms with Crippen molar-refractivity contribution in [3.8, 4) is 5.82 Å². The van der Waals surface area contributed by atoms with Crippen LogP contribution in [0.2, 0.25) is 0 Å². The summed E-state index contributed by atoms with van der Waals surface area (Å²) < 4.78 is 1.48. The van der Waals surface area contributed by atoms with Crippen LogP contribution in [-0.2, 0) is 4.79 Å². The van der Waals surface area contributed by atoms with Gasteiger partial charge in [0.05, 0.1) is 16.2 Å². The van der Waals surface area contributed by atoms with Crippen molar-refractivity contribution in [2.24, 2.45) is 0 Å². The summed E-state index contributed by atoms with van der Waals surface area (Å²) in [4.78, 5) is 33.6. The van der Waals surface area contributed by atoms with Crippen molar-refractivity contribution in [2.75, 3.05) is 0 Å². The van der Waals surface area contributed by atoms with Crippen LogP contribution in [0.5, 0.6) is 0 Å². The van der Waals surface area contributed by atoms with Crippen LogP contribution < -0.4 is 5.56 Å². The van der Waals surface area contributed by atoms with E-state index in [-0.39, 0.29) is 16.6 Å². The molecular formula is C18H17N3O2S. The Kier molecular flexibility index (Phi) is 4.49. The summed E-state index contributed by atoms with van der Waals surface area (Å²) in [6, 6.07) is 10.9. The lowest BCUT2D eigenvalue weighted by molar-refractivity contribution is -0.116. The number of aromatic nitrogens is 3. The van der Waals surface area contributed by atoms with E-state index in [0.29, 0.717) is 21.9 Å². The average Bonchev–Trinajstić information content (AvgIpc) is 2.56. The molecule has 0 aliphatic rings. The van der Waals surface area contributed by atoms with Crippen LogP contribution in [0, 0.1) is 6.92 Å². The molecule has 0 aliphatic heterocycles. The molecule has 0 amide bonds. The van der Waals surface area contributed by atoms with Crippen LogP contribution in [-0.4, -0.2) is 25.6 Å². The Bertz CT molecular complexity index is 964. The number of Topliss-reactive ketones (excluding diaryl/α,β-unsaturated/α-hetero) is 1. The third-order valence-corrected chi connectivity index (χ3v) is 4.89. The molecule has 2 heterocycles. The first kappa shape index (κ1) is 16.4. The van der Waals surface area contributed by atoms with Crippen molar-refractivity contribution in [1.82, 2.24) is 14.5 Å². The number of para-hydroxylation sites is 1. The Hall–Kier alpha value is -2.47. The molecule has 0 spiro atoms. The van der Waals surface area contributed by atoms with E-state index in [4.69, 9.17) is 0 Å². The fraction of sp³-hybridized carbons (Fsp3) is 0.222. The van der Waals surface area contributed by atoms with Gasteiger partial charge in [0.1, 0.15) is 11.6 Å². The lowest BCUT2D eigenvalue weighted by Crippen LogP contribution is -2.24. The number of fused-ring (bicyclic) bond motifs is 1. The molecular weight excluding hydrogens is 322 g/mol. The maximum absolute atomic E-state index is 13.0. The van der Waals surface area contributed by atoms with E-state index in [1.54, 1.807) is 31.3 Å². The standard InChI is InChI=1S/C18H17N3O2S/c1-11-8-9-16(19-10-11)21-17(23)14-6-4-5-7-15(14)20-18(21)24-13(3)12(2)22/h4-10,13H,1-3H3/t13-/m1/s1. The molecule has 0 saturated heterocycles. The van der Waals surface area contributed by atoms with Crippen molar-refractivity contribution in [3.63, 3.8) is 0 Å². The van der Waals surface area contributed by atoms with Crippen LogP contribution in [0.25, 0.3) is 16.7 Å². The van der Waals surface area contributed by atoms with E-state index in [1.165, 1.54) is 23.3 Å². The molecule has 1 atom stereocenters. The van der Waals surface area contributed by atoms with Gasteiger partial charge in [-0.05, 0) is 44.5 Å². The van der Waals surface area contributed by atoms with Crippen LogP contribution >= 0.6 is 11.8 Å². The minimum atomic E-state index is -0.297. The van der Waals surface area contributed by atoms with Crippen molar-refractivity contribution < 1.29 is 4.79 Å². The topological polar surface area (TPSA) is 64.8 Å². The van der Waals surface area contributed by atoms with E-state index in [9.17, 15) is 9.59 Å². The SMILES string of the molecule is CC(=O)[C@@H](C)Sc1nc2ccccc2c(=O)n1-c1ccc(C)cn1. The summed E-state index contributed by atoms with van der Waals surface area (Å²) in [5.74, 6) is 0.535. The van der Waals surface area contributed by atoms with Crippen LogP contribution in [0.1, 0.15) is 19.4 Å². The number of hydrogen-bond donors (Lipinski definition) is 0. The van der Waals surface area contributed by atoms with E-state index in [0.717, 1.165) is 5.56 Å². The highest BCUT2D eigenvalue weighted by Gasteiger charge is 2.18. The summed E-state index contributed by atoms with van der Waals surface area (Å²) in [7, 11) is 0. The normalized spacial score (nSPS) is 12.3. The van der Waals surface area contributed by atoms with Crippen LogP contribution in [0.3, 0.4) is 0 Å². The minimum absolute atomic E-state index is 0.0332. The summed E-state index contributed by atoms with van der Waals surface area (Å²) >= 11 is 1.27.